The Bertz CT molecular complexity index is 475. The highest BCUT2D eigenvalue weighted by molar-refractivity contribution is 5.93. The fourth-order valence-electron chi connectivity index (χ4n) is 2.75. The van der Waals surface area contributed by atoms with E-state index in [1.807, 2.05) is 20.8 Å². The number of ketones is 1. The van der Waals surface area contributed by atoms with Gasteiger partial charge in [-0.2, -0.15) is 0 Å². The van der Waals surface area contributed by atoms with Gasteiger partial charge in [-0.3, -0.25) is 4.79 Å². The minimum atomic E-state index is -0.691. The van der Waals surface area contributed by atoms with Gasteiger partial charge in [-0.1, -0.05) is 0 Å². The van der Waals surface area contributed by atoms with Gasteiger partial charge in [0.2, 0.25) is 0 Å². The van der Waals surface area contributed by atoms with Gasteiger partial charge in [0, 0.05) is 19.5 Å². The van der Waals surface area contributed by atoms with Gasteiger partial charge in [0.1, 0.15) is 11.9 Å². The zero-order valence-corrected chi connectivity index (χ0v) is 12.3. The van der Waals surface area contributed by atoms with Crippen LogP contribution in [0.25, 0.3) is 0 Å². The molecule has 0 bridgehead atoms. The van der Waals surface area contributed by atoms with Gasteiger partial charge in [-0.05, 0) is 45.3 Å². The topological polar surface area (TPSA) is 63.7 Å². The molecule has 1 fully saturated rings. The average molecular weight is 279 g/mol. The first-order valence-electron chi connectivity index (χ1n) is 6.94. The third kappa shape index (κ3) is 2.92. The van der Waals surface area contributed by atoms with Crippen molar-refractivity contribution in [3.8, 4) is 0 Å². The van der Waals surface area contributed by atoms with E-state index in [0.717, 1.165) is 11.9 Å². The molecule has 5 heteroatoms. The van der Waals surface area contributed by atoms with Crippen LogP contribution in [0.4, 0.5) is 4.79 Å². The first-order valence-corrected chi connectivity index (χ1v) is 6.94. The standard InChI is InChI=1S/C15H21NO4/c1-14(2,3)20-13(19)16-7-5-11-8-12(18)4-6-15(11,9-16)10-17/h8,10H,4-7,9H2,1-3H3. The van der Waals surface area contributed by atoms with E-state index in [-0.39, 0.29) is 5.78 Å². The van der Waals surface area contributed by atoms with E-state index in [1.165, 1.54) is 0 Å². The van der Waals surface area contributed by atoms with Gasteiger partial charge in [-0.25, -0.2) is 4.79 Å². The third-order valence-corrected chi connectivity index (χ3v) is 3.79. The molecule has 1 heterocycles. The molecule has 2 aliphatic rings. The molecule has 0 aromatic rings. The predicted molar refractivity (Wildman–Crippen MR) is 73.2 cm³/mol. The number of fused-ring (bicyclic) bond motifs is 1. The summed E-state index contributed by atoms with van der Waals surface area (Å²) in [7, 11) is 0. The van der Waals surface area contributed by atoms with Crippen molar-refractivity contribution < 1.29 is 19.1 Å². The van der Waals surface area contributed by atoms with Crippen LogP contribution < -0.4 is 0 Å². The molecule has 0 saturated carbocycles. The largest absolute Gasteiger partial charge is 0.444 e. The Balaban J connectivity index is 2.16. The highest BCUT2D eigenvalue weighted by Gasteiger charge is 2.43. The van der Waals surface area contributed by atoms with Crippen molar-refractivity contribution in [1.29, 1.82) is 0 Å². The van der Waals surface area contributed by atoms with Crippen molar-refractivity contribution in [3.63, 3.8) is 0 Å². The predicted octanol–water partition coefficient (Wildman–Crippen LogP) is 2.10. The van der Waals surface area contributed by atoms with Crippen molar-refractivity contribution in [2.75, 3.05) is 13.1 Å². The zero-order valence-electron chi connectivity index (χ0n) is 12.3. The molecule has 5 nitrogen and oxygen atoms in total. The van der Waals surface area contributed by atoms with Crippen LogP contribution in [0.15, 0.2) is 11.6 Å². The lowest BCUT2D eigenvalue weighted by Crippen LogP contribution is -2.50. The van der Waals surface area contributed by atoms with Crippen LogP contribution in [0.5, 0.6) is 0 Å². The molecule has 1 amide bonds. The Morgan fingerprint density at radius 2 is 2.10 bits per heavy atom. The van der Waals surface area contributed by atoms with Gasteiger partial charge >= 0.3 is 6.09 Å². The molecule has 1 saturated heterocycles. The fraction of sp³-hybridized carbons (Fsp3) is 0.667. The number of aldehydes is 1. The molecule has 2 rings (SSSR count). The molecule has 0 N–H and O–H groups in total. The average Bonchev–Trinajstić information content (AvgIpc) is 2.36. The second kappa shape index (κ2) is 5.04. The van der Waals surface area contributed by atoms with Gasteiger partial charge in [-0.15, -0.1) is 0 Å². The van der Waals surface area contributed by atoms with Crippen LogP contribution in [0.1, 0.15) is 40.0 Å². The summed E-state index contributed by atoms with van der Waals surface area (Å²) < 4.78 is 5.35. The molecular weight excluding hydrogens is 258 g/mol. The highest BCUT2D eigenvalue weighted by atomic mass is 16.6. The Kier molecular flexibility index (Phi) is 3.71. The van der Waals surface area contributed by atoms with E-state index in [4.69, 9.17) is 4.74 Å². The summed E-state index contributed by atoms with van der Waals surface area (Å²) in [5.74, 6) is 0.0724. The lowest BCUT2D eigenvalue weighted by atomic mass is 9.70. The molecule has 0 aromatic heterocycles. The molecule has 1 aliphatic carbocycles. The van der Waals surface area contributed by atoms with Crippen molar-refractivity contribution in [3.05, 3.63) is 11.6 Å². The summed E-state index contributed by atoms with van der Waals surface area (Å²) in [6.07, 6.45) is 3.50. The molecule has 0 aromatic carbocycles. The summed E-state index contributed by atoms with van der Waals surface area (Å²) >= 11 is 0. The van der Waals surface area contributed by atoms with E-state index in [0.29, 0.717) is 32.4 Å². The summed E-state index contributed by atoms with van der Waals surface area (Å²) in [6.45, 7) is 6.24. The summed E-state index contributed by atoms with van der Waals surface area (Å²) in [5.41, 5.74) is -0.379. The van der Waals surface area contributed by atoms with Crippen LogP contribution in [-0.4, -0.2) is 41.8 Å². The van der Waals surface area contributed by atoms with E-state index < -0.39 is 17.1 Å². The fourth-order valence-corrected chi connectivity index (χ4v) is 2.75. The lowest BCUT2D eigenvalue weighted by Gasteiger charge is -2.43. The minimum absolute atomic E-state index is 0.0724. The Hall–Kier alpha value is -1.65. The van der Waals surface area contributed by atoms with Crippen molar-refractivity contribution >= 4 is 18.2 Å². The molecule has 1 aliphatic heterocycles. The molecular formula is C15H21NO4. The number of hydrogen-bond donors (Lipinski definition) is 0. The maximum Gasteiger partial charge on any atom is 0.410 e. The van der Waals surface area contributed by atoms with E-state index >= 15 is 0 Å². The number of ether oxygens (including phenoxy) is 1. The van der Waals surface area contributed by atoms with Crippen LogP contribution >= 0.6 is 0 Å². The molecule has 1 unspecified atom stereocenters. The number of carbonyl (C=O) groups excluding carboxylic acids is 3. The van der Waals surface area contributed by atoms with Crippen molar-refractivity contribution in [1.82, 2.24) is 4.90 Å². The van der Waals surface area contributed by atoms with E-state index in [1.54, 1.807) is 11.0 Å². The maximum absolute atomic E-state index is 12.1. The van der Waals surface area contributed by atoms with E-state index in [9.17, 15) is 14.4 Å². The van der Waals surface area contributed by atoms with E-state index in [2.05, 4.69) is 0 Å². The normalized spacial score (nSPS) is 26.6. The molecule has 110 valence electrons. The van der Waals surface area contributed by atoms with Gasteiger partial charge in [0.05, 0.1) is 5.41 Å². The Labute approximate surface area is 119 Å². The van der Waals surface area contributed by atoms with Crippen molar-refractivity contribution in [2.45, 2.75) is 45.6 Å². The number of allylic oxidation sites excluding steroid dienone is 1. The SMILES string of the molecule is CC(C)(C)OC(=O)N1CCC2=CC(=O)CCC2(C=O)C1. The Morgan fingerprint density at radius 1 is 1.40 bits per heavy atom. The van der Waals surface area contributed by atoms with Crippen LogP contribution in [0.3, 0.4) is 0 Å². The number of hydrogen-bond acceptors (Lipinski definition) is 4. The quantitative estimate of drug-likeness (QED) is 0.690. The lowest BCUT2D eigenvalue weighted by molar-refractivity contribution is -0.120. The van der Waals surface area contributed by atoms with Gasteiger partial charge < -0.3 is 14.4 Å². The first-order chi connectivity index (χ1) is 9.26. The summed E-state index contributed by atoms with van der Waals surface area (Å²) in [6, 6.07) is 0. The van der Waals surface area contributed by atoms with Crippen LogP contribution in [-0.2, 0) is 14.3 Å². The molecule has 20 heavy (non-hydrogen) atoms. The number of amides is 1. The van der Waals surface area contributed by atoms with Crippen LogP contribution in [0, 0.1) is 5.41 Å². The summed E-state index contributed by atoms with van der Waals surface area (Å²) in [4.78, 5) is 36.7. The number of rotatable bonds is 1. The monoisotopic (exact) mass is 279 g/mol. The highest BCUT2D eigenvalue weighted by Crippen LogP contribution is 2.40. The smallest absolute Gasteiger partial charge is 0.410 e. The minimum Gasteiger partial charge on any atom is -0.444 e. The third-order valence-electron chi connectivity index (χ3n) is 3.79. The van der Waals surface area contributed by atoms with Crippen molar-refractivity contribution in [2.24, 2.45) is 5.41 Å². The summed E-state index contributed by atoms with van der Waals surface area (Å²) in [5, 5.41) is 0. The molecule has 0 spiro atoms. The second-order valence-electron chi connectivity index (χ2n) is 6.56. The number of piperidine rings is 1. The molecule has 0 radical (unpaired) electrons. The van der Waals surface area contributed by atoms with Crippen LogP contribution in [0.2, 0.25) is 0 Å². The number of carbonyl (C=O) groups is 3. The maximum atomic E-state index is 12.1. The second-order valence-corrected chi connectivity index (χ2v) is 6.56. The number of nitrogens with zero attached hydrogens (tertiary/aromatic N) is 1. The number of likely N-dealkylation sites (tertiary alicyclic amines) is 1. The Morgan fingerprint density at radius 3 is 2.70 bits per heavy atom. The first kappa shape index (κ1) is 14.8. The van der Waals surface area contributed by atoms with Gasteiger partial charge in [0.15, 0.2) is 5.78 Å². The molecule has 1 atom stereocenters. The van der Waals surface area contributed by atoms with Gasteiger partial charge in [0.25, 0.3) is 0 Å². The zero-order chi connectivity index (χ0) is 15.0.